The average molecular weight is 329 g/mol. The molecule has 1 heterocycles. The second-order valence-electron chi connectivity index (χ2n) is 5.75. The minimum atomic E-state index is 0.0202. The Balaban J connectivity index is 2.18. The number of aryl methyl sites for hydroxylation is 1. The molecule has 5 nitrogen and oxygen atoms in total. The molecule has 0 aliphatic heterocycles. The maximum atomic E-state index is 12.6. The van der Waals surface area contributed by atoms with E-state index in [0.29, 0.717) is 19.7 Å². The van der Waals surface area contributed by atoms with Gasteiger partial charge in [0.15, 0.2) is 0 Å². The maximum absolute atomic E-state index is 12.6. The van der Waals surface area contributed by atoms with Gasteiger partial charge in [0.25, 0.3) is 5.56 Å². The molecule has 0 saturated carbocycles. The number of anilines is 1. The van der Waals surface area contributed by atoms with Crippen LogP contribution in [0.5, 0.6) is 5.75 Å². The molecule has 0 radical (unpaired) electrons. The van der Waals surface area contributed by atoms with E-state index in [1.54, 1.807) is 10.9 Å². The minimum absolute atomic E-state index is 0.0202. The lowest BCUT2D eigenvalue weighted by molar-refractivity contribution is 0.340. The van der Waals surface area contributed by atoms with Crippen molar-refractivity contribution in [1.29, 1.82) is 0 Å². The fraction of sp³-hybridized carbons (Fsp3) is 0.474. The molecule has 0 aliphatic rings. The Hall–Kier alpha value is -2.30. The van der Waals surface area contributed by atoms with E-state index in [1.165, 1.54) is 0 Å². The number of hydrogen-bond donors (Lipinski definition) is 1. The van der Waals surface area contributed by atoms with Crippen LogP contribution in [0.1, 0.15) is 44.7 Å². The predicted octanol–water partition coefficient (Wildman–Crippen LogP) is 3.62. The smallest absolute Gasteiger partial charge is 0.272 e. The summed E-state index contributed by atoms with van der Waals surface area (Å²) in [5.41, 5.74) is 2.78. The highest BCUT2D eigenvalue weighted by Gasteiger charge is 2.10. The van der Waals surface area contributed by atoms with Gasteiger partial charge in [0.05, 0.1) is 18.5 Å². The van der Waals surface area contributed by atoms with Gasteiger partial charge in [-0.25, -0.2) is 4.68 Å². The molecule has 1 aromatic carbocycles. The van der Waals surface area contributed by atoms with Crippen LogP contribution in [0, 0.1) is 0 Å². The van der Waals surface area contributed by atoms with Crippen LogP contribution < -0.4 is 15.6 Å². The molecule has 0 fully saturated rings. The summed E-state index contributed by atoms with van der Waals surface area (Å²) in [4.78, 5) is 12.6. The van der Waals surface area contributed by atoms with Gasteiger partial charge in [-0.15, -0.1) is 0 Å². The summed E-state index contributed by atoms with van der Waals surface area (Å²) in [7, 11) is 0. The van der Waals surface area contributed by atoms with Crippen LogP contribution >= 0.6 is 0 Å². The van der Waals surface area contributed by atoms with Crippen LogP contribution in [0.3, 0.4) is 0 Å². The number of rotatable bonds is 9. The summed E-state index contributed by atoms with van der Waals surface area (Å²) in [6, 6.07) is 7.98. The number of aromatic nitrogens is 2. The van der Waals surface area contributed by atoms with Crippen molar-refractivity contribution in [2.45, 2.75) is 53.1 Å². The predicted molar refractivity (Wildman–Crippen MR) is 97.7 cm³/mol. The Labute approximate surface area is 143 Å². The molecule has 2 aromatic rings. The first-order chi connectivity index (χ1) is 11.7. The molecule has 0 amide bonds. The normalized spacial score (nSPS) is 10.6. The third-order valence-electron chi connectivity index (χ3n) is 3.77. The third-order valence-corrected chi connectivity index (χ3v) is 3.77. The lowest BCUT2D eigenvalue weighted by Crippen LogP contribution is -2.27. The van der Waals surface area contributed by atoms with Gasteiger partial charge in [0, 0.05) is 18.7 Å². The SMILES string of the molecule is CCCc1c(NCc2cccc(OCC)c2)cnn(CCC)c1=O. The zero-order valence-corrected chi connectivity index (χ0v) is 14.8. The van der Waals surface area contributed by atoms with Crippen LogP contribution in [0.2, 0.25) is 0 Å². The molecule has 0 saturated heterocycles. The molecule has 1 aromatic heterocycles. The van der Waals surface area contributed by atoms with E-state index in [9.17, 15) is 4.79 Å². The molecule has 5 heteroatoms. The van der Waals surface area contributed by atoms with Crippen molar-refractivity contribution < 1.29 is 4.74 Å². The standard InChI is InChI=1S/C19H27N3O2/c1-4-8-17-18(14-21-22(11-5-2)19(17)23)20-13-15-9-7-10-16(12-15)24-6-3/h7,9-10,12,14,20H,4-6,8,11,13H2,1-3H3. The molecule has 0 spiro atoms. The van der Waals surface area contributed by atoms with Gasteiger partial charge in [-0.2, -0.15) is 5.10 Å². The van der Waals surface area contributed by atoms with Gasteiger partial charge in [-0.3, -0.25) is 4.79 Å². The summed E-state index contributed by atoms with van der Waals surface area (Å²) < 4.78 is 7.09. The fourth-order valence-corrected chi connectivity index (χ4v) is 2.65. The van der Waals surface area contributed by atoms with Gasteiger partial charge >= 0.3 is 0 Å². The van der Waals surface area contributed by atoms with Gasteiger partial charge in [-0.1, -0.05) is 32.4 Å². The number of nitrogens with one attached hydrogen (secondary N) is 1. The van der Waals surface area contributed by atoms with Crippen molar-refractivity contribution in [3.63, 3.8) is 0 Å². The maximum Gasteiger partial charge on any atom is 0.272 e. The Morgan fingerprint density at radius 1 is 1.21 bits per heavy atom. The highest BCUT2D eigenvalue weighted by Crippen LogP contribution is 2.17. The summed E-state index contributed by atoms with van der Waals surface area (Å²) in [6.07, 6.45) is 4.36. The molecular formula is C19H27N3O2. The minimum Gasteiger partial charge on any atom is -0.494 e. The second-order valence-corrected chi connectivity index (χ2v) is 5.75. The topological polar surface area (TPSA) is 56.1 Å². The molecule has 0 unspecified atom stereocenters. The van der Waals surface area contributed by atoms with Gasteiger partial charge in [0.2, 0.25) is 0 Å². The van der Waals surface area contributed by atoms with E-state index >= 15 is 0 Å². The van der Waals surface area contributed by atoms with Crippen LogP contribution in [-0.2, 0) is 19.5 Å². The lowest BCUT2D eigenvalue weighted by Gasteiger charge is -2.13. The highest BCUT2D eigenvalue weighted by molar-refractivity contribution is 5.48. The van der Waals surface area contributed by atoms with Gasteiger partial charge in [-0.05, 0) is 37.5 Å². The number of ether oxygens (including phenoxy) is 1. The molecule has 0 aliphatic carbocycles. The Morgan fingerprint density at radius 2 is 2.04 bits per heavy atom. The summed E-state index contributed by atoms with van der Waals surface area (Å²) in [5.74, 6) is 0.863. The molecule has 24 heavy (non-hydrogen) atoms. The van der Waals surface area contributed by atoms with Crippen LogP contribution in [0.25, 0.3) is 0 Å². The van der Waals surface area contributed by atoms with Crippen LogP contribution in [0.4, 0.5) is 5.69 Å². The first-order valence-corrected chi connectivity index (χ1v) is 8.74. The Bertz CT molecular complexity index is 710. The average Bonchev–Trinajstić information content (AvgIpc) is 2.58. The zero-order valence-electron chi connectivity index (χ0n) is 14.8. The summed E-state index contributed by atoms with van der Waals surface area (Å²) >= 11 is 0. The van der Waals surface area contributed by atoms with E-state index in [2.05, 4.69) is 17.3 Å². The van der Waals surface area contributed by atoms with Crippen molar-refractivity contribution in [3.8, 4) is 5.75 Å². The number of hydrogen-bond acceptors (Lipinski definition) is 4. The zero-order chi connectivity index (χ0) is 17.4. The van der Waals surface area contributed by atoms with Crippen LogP contribution in [0.15, 0.2) is 35.3 Å². The Kier molecular flexibility index (Phi) is 6.85. The van der Waals surface area contributed by atoms with E-state index in [4.69, 9.17) is 4.74 Å². The first kappa shape index (κ1) is 18.0. The highest BCUT2D eigenvalue weighted by atomic mass is 16.5. The van der Waals surface area contributed by atoms with Gasteiger partial charge in [0.1, 0.15) is 5.75 Å². The van der Waals surface area contributed by atoms with E-state index in [1.807, 2.05) is 38.1 Å². The van der Waals surface area contributed by atoms with Crippen molar-refractivity contribution in [2.75, 3.05) is 11.9 Å². The third kappa shape index (κ3) is 4.60. The van der Waals surface area contributed by atoms with Crippen molar-refractivity contribution in [1.82, 2.24) is 9.78 Å². The van der Waals surface area contributed by atoms with Gasteiger partial charge < -0.3 is 10.1 Å². The van der Waals surface area contributed by atoms with E-state index in [0.717, 1.165) is 41.8 Å². The quantitative estimate of drug-likeness (QED) is 0.763. The number of benzene rings is 1. The lowest BCUT2D eigenvalue weighted by atomic mass is 10.1. The largest absolute Gasteiger partial charge is 0.494 e. The molecular weight excluding hydrogens is 302 g/mol. The Morgan fingerprint density at radius 3 is 2.75 bits per heavy atom. The molecule has 0 bridgehead atoms. The van der Waals surface area contributed by atoms with Crippen molar-refractivity contribution >= 4 is 5.69 Å². The van der Waals surface area contributed by atoms with E-state index in [-0.39, 0.29) is 5.56 Å². The molecule has 0 atom stereocenters. The second kappa shape index (κ2) is 9.11. The molecule has 1 N–H and O–H groups in total. The fourth-order valence-electron chi connectivity index (χ4n) is 2.65. The van der Waals surface area contributed by atoms with Crippen LogP contribution in [-0.4, -0.2) is 16.4 Å². The monoisotopic (exact) mass is 329 g/mol. The van der Waals surface area contributed by atoms with E-state index < -0.39 is 0 Å². The summed E-state index contributed by atoms with van der Waals surface area (Å²) in [6.45, 7) is 8.04. The van der Waals surface area contributed by atoms with Crippen molar-refractivity contribution in [2.24, 2.45) is 0 Å². The first-order valence-electron chi connectivity index (χ1n) is 8.74. The molecule has 130 valence electrons. The summed E-state index contributed by atoms with van der Waals surface area (Å²) in [5, 5.41) is 7.65. The van der Waals surface area contributed by atoms with Crippen molar-refractivity contribution in [3.05, 3.63) is 51.9 Å². The molecule has 2 rings (SSSR count). The number of nitrogens with zero attached hydrogens (tertiary/aromatic N) is 2.